The fourth-order valence-electron chi connectivity index (χ4n) is 1.37. The van der Waals surface area contributed by atoms with Crippen LogP contribution in [0.2, 0.25) is 0 Å². The van der Waals surface area contributed by atoms with Gasteiger partial charge in [-0.15, -0.1) is 5.10 Å². The number of rotatable bonds is 1. The molecule has 10 heavy (non-hydrogen) atoms. The van der Waals surface area contributed by atoms with E-state index in [4.69, 9.17) is 0 Å². The first-order chi connectivity index (χ1) is 4.97. The first kappa shape index (κ1) is 5.97. The molecule has 2 aliphatic rings. The standard InChI is InChI=1S/C6H10N4/c1-2-5(7-3-1)6-4-8-10-9-6/h5,7H,1-4H2/t5-/m0/s1. The van der Waals surface area contributed by atoms with Crippen molar-refractivity contribution in [2.75, 3.05) is 13.1 Å². The van der Waals surface area contributed by atoms with Crippen LogP contribution in [0.3, 0.4) is 0 Å². The molecule has 0 aromatic rings. The number of hydrogen-bond donors (Lipinski definition) is 1. The summed E-state index contributed by atoms with van der Waals surface area (Å²) in [5, 5.41) is 14.7. The molecule has 0 aliphatic carbocycles. The second kappa shape index (κ2) is 2.46. The lowest BCUT2D eigenvalue weighted by molar-refractivity contribution is 0.756. The van der Waals surface area contributed by atoms with Gasteiger partial charge in [0, 0.05) is 6.04 Å². The van der Waals surface area contributed by atoms with Crippen LogP contribution in [-0.4, -0.2) is 24.8 Å². The van der Waals surface area contributed by atoms with E-state index < -0.39 is 0 Å². The molecule has 2 rings (SSSR count). The average molecular weight is 138 g/mol. The van der Waals surface area contributed by atoms with Crippen molar-refractivity contribution in [1.29, 1.82) is 0 Å². The minimum atomic E-state index is 0.468. The molecule has 0 bridgehead atoms. The zero-order valence-electron chi connectivity index (χ0n) is 5.75. The van der Waals surface area contributed by atoms with Crippen LogP contribution in [0.15, 0.2) is 15.4 Å². The molecule has 0 aromatic heterocycles. The van der Waals surface area contributed by atoms with Gasteiger partial charge in [0.1, 0.15) is 6.54 Å². The summed E-state index contributed by atoms with van der Waals surface area (Å²) in [6.07, 6.45) is 2.45. The number of hydrogen-bond acceptors (Lipinski definition) is 4. The summed E-state index contributed by atoms with van der Waals surface area (Å²) >= 11 is 0. The van der Waals surface area contributed by atoms with Crippen LogP contribution in [0.25, 0.3) is 0 Å². The fourth-order valence-corrected chi connectivity index (χ4v) is 1.37. The maximum absolute atomic E-state index is 3.93. The van der Waals surface area contributed by atoms with E-state index in [0.717, 1.165) is 12.3 Å². The molecular formula is C6H10N4. The van der Waals surface area contributed by atoms with E-state index >= 15 is 0 Å². The SMILES string of the molecule is C1CN[C@H](C2=NN=NC2)C1. The summed E-state index contributed by atoms with van der Waals surface area (Å²) in [6, 6.07) is 0.468. The fraction of sp³-hybridized carbons (Fsp3) is 0.833. The third-order valence-electron chi connectivity index (χ3n) is 1.93. The van der Waals surface area contributed by atoms with Gasteiger partial charge in [0.25, 0.3) is 0 Å². The number of nitrogens with zero attached hydrogens (tertiary/aromatic N) is 3. The quantitative estimate of drug-likeness (QED) is 0.565. The Morgan fingerprint density at radius 1 is 1.50 bits per heavy atom. The van der Waals surface area contributed by atoms with Gasteiger partial charge < -0.3 is 5.32 Å². The van der Waals surface area contributed by atoms with E-state index in [1.807, 2.05) is 0 Å². The predicted molar refractivity (Wildman–Crippen MR) is 38.2 cm³/mol. The minimum Gasteiger partial charge on any atom is -0.309 e. The Kier molecular flexibility index (Phi) is 1.47. The Hall–Kier alpha value is -0.770. The van der Waals surface area contributed by atoms with E-state index in [-0.39, 0.29) is 0 Å². The third-order valence-corrected chi connectivity index (χ3v) is 1.93. The van der Waals surface area contributed by atoms with E-state index in [1.54, 1.807) is 0 Å². The van der Waals surface area contributed by atoms with E-state index in [9.17, 15) is 0 Å². The van der Waals surface area contributed by atoms with Crippen molar-refractivity contribution in [1.82, 2.24) is 5.32 Å². The molecule has 0 aromatic carbocycles. The largest absolute Gasteiger partial charge is 0.309 e. The van der Waals surface area contributed by atoms with Crippen molar-refractivity contribution in [2.45, 2.75) is 18.9 Å². The topological polar surface area (TPSA) is 49.1 Å². The van der Waals surface area contributed by atoms with Gasteiger partial charge in [0.15, 0.2) is 0 Å². The summed E-state index contributed by atoms with van der Waals surface area (Å²) in [4.78, 5) is 0. The minimum absolute atomic E-state index is 0.468. The highest BCUT2D eigenvalue weighted by Gasteiger charge is 2.21. The second-order valence-electron chi connectivity index (χ2n) is 2.63. The van der Waals surface area contributed by atoms with Gasteiger partial charge in [-0.05, 0) is 24.6 Å². The van der Waals surface area contributed by atoms with Gasteiger partial charge in [0.05, 0.1) is 5.71 Å². The molecule has 0 saturated carbocycles. The number of nitrogens with one attached hydrogen (secondary N) is 1. The molecule has 0 radical (unpaired) electrons. The van der Waals surface area contributed by atoms with Crippen LogP contribution in [0, 0.1) is 0 Å². The van der Waals surface area contributed by atoms with Gasteiger partial charge in [-0.3, -0.25) is 0 Å². The molecule has 4 nitrogen and oxygen atoms in total. The maximum Gasteiger partial charge on any atom is 0.104 e. The summed E-state index contributed by atoms with van der Waals surface area (Å²) in [5.41, 5.74) is 1.11. The predicted octanol–water partition coefficient (Wildman–Crippen LogP) is 0.560. The molecule has 2 aliphatic heterocycles. The molecule has 0 unspecified atom stereocenters. The lowest BCUT2D eigenvalue weighted by Crippen LogP contribution is -2.31. The van der Waals surface area contributed by atoms with Gasteiger partial charge in [-0.25, -0.2) is 0 Å². The van der Waals surface area contributed by atoms with Crippen LogP contribution in [0.4, 0.5) is 0 Å². The summed E-state index contributed by atoms with van der Waals surface area (Å²) in [5.74, 6) is 0. The van der Waals surface area contributed by atoms with Gasteiger partial charge in [-0.2, -0.15) is 5.11 Å². The molecule has 1 N–H and O–H groups in total. The Balaban J connectivity index is 1.99. The first-order valence-electron chi connectivity index (χ1n) is 3.63. The first-order valence-corrected chi connectivity index (χ1v) is 3.63. The van der Waals surface area contributed by atoms with Crippen molar-refractivity contribution >= 4 is 5.71 Å². The van der Waals surface area contributed by atoms with Crippen molar-refractivity contribution in [2.24, 2.45) is 15.4 Å². The zero-order chi connectivity index (χ0) is 6.81. The highest BCUT2D eigenvalue weighted by molar-refractivity contribution is 5.92. The van der Waals surface area contributed by atoms with Crippen LogP contribution >= 0.6 is 0 Å². The molecule has 4 heteroatoms. The Morgan fingerprint density at radius 2 is 2.50 bits per heavy atom. The summed E-state index contributed by atoms with van der Waals surface area (Å²) < 4.78 is 0. The lowest BCUT2D eigenvalue weighted by atomic mass is 10.1. The molecule has 54 valence electrons. The van der Waals surface area contributed by atoms with E-state index in [0.29, 0.717) is 12.6 Å². The maximum atomic E-state index is 3.93. The molecule has 0 amide bonds. The second-order valence-corrected chi connectivity index (χ2v) is 2.63. The van der Waals surface area contributed by atoms with E-state index in [2.05, 4.69) is 20.8 Å². The molecule has 1 saturated heterocycles. The van der Waals surface area contributed by atoms with Gasteiger partial charge >= 0.3 is 0 Å². The normalized spacial score (nSPS) is 31.2. The molecule has 0 spiro atoms. The van der Waals surface area contributed by atoms with Crippen molar-refractivity contribution in [3.8, 4) is 0 Å². The molecular weight excluding hydrogens is 128 g/mol. The van der Waals surface area contributed by atoms with Crippen molar-refractivity contribution in [3.05, 3.63) is 0 Å². The lowest BCUT2D eigenvalue weighted by Gasteiger charge is -2.05. The smallest absolute Gasteiger partial charge is 0.104 e. The van der Waals surface area contributed by atoms with E-state index in [1.165, 1.54) is 12.8 Å². The van der Waals surface area contributed by atoms with Crippen LogP contribution in [0.1, 0.15) is 12.8 Å². The Labute approximate surface area is 59.4 Å². The van der Waals surface area contributed by atoms with Gasteiger partial charge in [-0.1, -0.05) is 0 Å². The molecule has 2 heterocycles. The van der Waals surface area contributed by atoms with Crippen molar-refractivity contribution in [3.63, 3.8) is 0 Å². The highest BCUT2D eigenvalue weighted by atomic mass is 15.4. The zero-order valence-corrected chi connectivity index (χ0v) is 5.75. The van der Waals surface area contributed by atoms with Crippen molar-refractivity contribution < 1.29 is 0 Å². The molecule has 1 atom stereocenters. The molecule has 1 fully saturated rings. The van der Waals surface area contributed by atoms with Crippen LogP contribution < -0.4 is 5.32 Å². The summed E-state index contributed by atoms with van der Waals surface area (Å²) in [7, 11) is 0. The average Bonchev–Trinajstić information content (AvgIpc) is 2.59. The van der Waals surface area contributed by atoms with Crippen LogP contribution in [-0.2, 0) is 0 Å². The highest BCUT2D eigenvalue weighted by Crippen LogP contribution is 2.10. The van der Waals surface area contributed by atoms with Gasteiger partial charge in [0.2, 0.25) is 0 Å². The monoisotopic (exact) mass is 138 g/mol. The summed E-state index contributed by atoms with van der Waals surface area (Å²) in [6.45, 7) is 1.82. The third kappa shape index (κ3) is 0.945. The Morgan fingerprint density at radius 3 is 3.10 bits per heavy atom. The Bertz CT molecular complexity index is 178. The van der Waals surface area contributed by atoms with Crippen LogP contribution in [0.5, 0.6) is 0 Å².